The van der Waals surface area contributed by atoms with E-state index in [4.69, 9.17) is 0 Å². The molecular formula is C30H28N2S2. The normalized spacial score (nSPS) is 13.7. The lowest BCUT2D eigenvalue weighted by Gasteiger charge is -2.32. The molecule has 0 spiro atoms. The minimum absolute atomic E-state index is 0.947. The lowest BCUT2D eigenvalue weighted by molar-refractivity contribution is 0.969. The van der Waals surface area contributed by atoms with Crippen molar-refractivity contribution in [3.05, 3.63) is 95.6 Å². The molecule has 0 unspecified atom stereocenters. The first kappa shape index (κ1) is 21.7. The highest BCUT2D eigenvalue weighted by molar-refractivity contribution is 8.00. The first-order chi connectivity index (χ1) is 16.6. The van der Waals surface area contributed by atoms with E-state index < -0.39 is 0 Å². The average molecular weight is 481 g/mol. The number of hydrogen-bond acceptors (Lipinski definition) is 4. The van der Waals surface area contributed by atoms with Crippen molar-refractivity contribution in [3.8, 4) is 0 Å². The largest absolute Gasteiger partial charge is 0.340 e. The van der Waals surface area contributed by atoms with Crippen LogP contribution in [0.1, 0.15) is 30.5 Å². The SMILES string of the molecule is CCN1c2ccccc2Sc2cc(Cc3ccc4c(c3)Sc3cc(C)ccc3N4CC)ccc21. The van der Waals surface area contributed by atoms with Gasteiger partial charge in [-0.2, -0.15) is 0 Å². The van der Waals surface area contributed by atoms with Crippen LogP contribution in [0, 0.1) is 6.92 Å². The molecule has 0 aliphatic carbocycles. The van der Waals surface area contributed by atoms with E-state index in [1.165, 1.54) is 59.0 Å². The molecule has 4 aromatic rings. The monoisotopic (exact) mass is 480 g/mol. The average Bonchev–Trinajstić information content (AvgIpc) is 2.85. The van der Waals surface area contributed by atoms with Crippen LogP contribution in [0.25, 0.3) is 0 Å². The van der Waals surface area contributed by atoms with Gasteiger partial charge >= 0.3 is 0 Å². The number of rotatable bonds is 4. The Kier molecular flexibility index (Phi) is 5.59. The zero-order chi connectivity index (χ0) is 23.2. The predicted octanol–water partition coefficient (Wildman–Crippen LogP) is 8.83. The summed E-state index contributed by atoms with van der Waals surface area (Å²) in [6.07, 6.45) is 0.947. The first-order valence-corrected chi connectivity index (χ1v) is 13.6. The van der Waals surface area contributed by atoms with Crippen molar-refractivity contribution in [3.63, 3.8) is 0 Å². The van der Waals surface area contributed by atoms with E-state index in [9.17, 15) is 0 Å². The predicted molar refractivity (Wildman–Crippen MR) is 147 cm³/mol. The second-order valence-electron chi connectivity index (χ2n) is 8.91. The fourth-order valence-corrected chi connectivity index (χ4v) is 7.47. The third-order valence-corrected chi connectivity index (χ3v) is 8.88. The van der Waals surface area contributed by atoms with Gasteiger partial charge in [0.1, 0.15) is 0 Å². The molecule has 0 saturated carbocycles. The standard InChI is InChI=1S/C30H28N2S2/c1-4-31-23-8-6-7-9-27(23)33-29-18-21(11-14-25(29)31)17-22-12-15-26-30(19-22)34-28-16-20(3)10-13-24(28)32(26)5-2/h6-16,18-19H,4-5,17H2,1-3H3. The highest BCUT2D eigenvalue weighted by atomic mass is 32.2. The summed E-state index contributed by atoms with van der Waals surface area (Å²) in [5, 5.41) is 0. The van der Waals surface area contributed by atoms with Crippen LogP contribution in [0.2, 0.25) is 0 Å². The Hall–Kier alpha value is -2.82. The molecular weight excluding hydrogens is 452 g/mol. The maximum absolute atomic E-state index is 2.44. The second kappa shape index (κ2) is 8.75. The molecule has 170 valence electrons. The molecule has 4 aromatic carbocycles. The Morgan fingerprint density at radius 1 is 0.559 bits per heavy atom. The summed E-state index contributed by atoms with van der Waals surface area (Å²) in [5.41, 5.74) is 9.34. The molecule has 0 fully saturated rings. The smallest absolute Gasteiger partial charge is 0.0552 e. The molecule has 4 heteroatoms. The lowest BCUT2D eigenvalue weighted by atomic mass is 10.0. The first-order valence-electron chi connectivity index (χ1n) is 12.0. The summed E-state index contributed by atoms with van der Waals surface area (Å²) >= 11 is 3.80. The van der Waals surface area contributed by atoms with E-state index in [2.05, 4.69) is 109 Å². The summed E-state index contributed by atoms with van der Waals surface area (Å²) in [4.78, 5) is 10.3. The maximum Gasteiger partial charge on any atom is 0.0552 e. The molecule has 0 bridgehead atoms. The summed E-state index contributed by atoms with van der Waals surface area (Å²) < 4.78 is 0. The molecule has 34 heavy (non-hydrogen) atoms. The zero-order valence-corrected chi connectivity index (χ0v) is 21.5. The Morgan fingerprint density at radius 2 is 1.06 bits per heavy atom. The van der Waals surface area contributed by atoms with Crippen LogP contribution >= 0.6 is 23.5 Å². The van der Waals surface area contributed by atoms with Crippen LogP contribution in [0.15, 0.2) is 98.4 Å². The highest BCUT2D eigenvalue weighted by Gasteiger charge is 2.24. The van der Waals surface area contributed by atoms with Gasteiger partial charge in [0.2, 0.25) is 0 Å². The summed E-state index contributed by atoms with van der Waals surface area (Å²) in [6, 6.07) is 29.5. The number of fused-ring (bicyclic) bond motifs is 4. The number of para-hydroxylation sites is 1. The molecule has 6 rings (SSSR count). The minimum atomic E-state index is 0.947. The topological polar surface area (TPSA) is 6.48 Å². The summed E-state index contributed by atoms with van der Waals surface area (Å²) in [5.74, 6) is 0. The molecule has 2 nitrogen and oxygen atoms in total. The van der Waals surface area contributed by atoms with Crippen molar-refractivity contribution in [1.82, 2.24) is 0 Å². The van der Waals surface area contributed by atoms with Crippen molar-refractivity contribution in [2.45, 2.75) is 46.8 Å². The van der Waals surface area contributed by atoms with Gasteiger partial charge in [-0.05, 0) is 92.4 Å². The van der Waals surface area contributed by atoms with Gasteiger partial charge in [0, 0.05) is 32.7 Å². The fraction of sp³-hybridized carbons (Fsp3) is 0.200. The van der Waals surface area contributed by atoms with E-state index in [0.29, 0.717) is 0 Å². The van der Waals surface area contributed by atoms with Crippen molar-refractivity contribution < 1.29 is 0 Å². The molecule has 0 N–H and O–H groups in total. The minimum Gasteiger partial charge on any atom is -0.340 e. The number of hydrogen-bond donors (Lipinski definition) is 0. The van der Waals surface area contributed by atoms with Crippen LogP contribution in [0.3, 0.4) is 0 Å². The second-order valence-corrected chi connectivity index (χ2v) is 11.1. The molecule has 0 aromatic heterocycles. The zero-order valence-electron chi connectivity index (χ0n) is 19.8. The van der Waals surface area contributed by atoms with Crippen molar-refractivity contribution in [2.75, 3.05) is 22.9 Å². The van der Waals surface area contributed by atoms with E-state index in [-0.39, 0.29) is 0 Å². The number of aryl methyl sites for hydroxylation is 1. The molecule has 0 saturated heterocycles. The lowest BCUT2D eigenvalue weighted by Crippen LogP contribution is -2.20. The van der Waals surface area contributed by atoms with Gasteiger partial charge in [0.05, 0.1) is 22.7 Å². The third kappa shape index (κ3) is 3.70. The van der Waals surface area contributed by atoms with E-state index in [0.717, 1.165) is 19.5 Å². The van der Waals surface area contributed by atoms with Crippen LogP contribution in [-0.4, -0.2) is 13.1 Å². The third-order valence-electron chi connectivity index (χ3n) is 6.67. The van der Waals surface area contributed by atoms with Gasteiger partial charge in [0.25, 0.3) is 0 Å². The van der Waals surface area contributed by atoms with E-state index >= 15 is 0 Å². The maximum atomic E-state index is 2.44. The Labute approximate surface area is 211 Å². The molecule has 2 aliphatic rings. The van der Waals surface area contributed by atoms with Crippen LogP contribution < -0.4 is 9.80 Å². The van der Waals surface area contributed by atoms with Crippen molar-refractivity contribution in [2.24, 2.45) is 0 Å². The van der Waals surface area contributed by atoms with Crippen LogP contribution in [-0.2, 0) is 6.42 Å². The van der Waals surface area contributed by atoms with E-state index in [1.807, 2.05) is 23.5 Å². The van der Waals surface area contributed by atoms with Gasteiger partial charge in [-0.3, -0.25) is 0 Å². The number of anilines is 4. The van der Waals surface area contributed by atoms with Crippen LogP contribution in [0.4, 0.5) is 22.7 Å². The fourth-order valence-electron chi connectivity index (χ4n) is 5.05. The summed E-state index contributed by atoms with van der Waals surface area (Å²) in [6.45, 7) is 8.59. The molecule has 0 atom stereocenters. The quantitative estimate of drug-likeness (QED) is 0.288. The Balaban J connectivity index is 1.31. The van der Waals surface area contributed by atoms with Crippen molar-refractivity contribution in [1.29, 1.82) is 0 Å². The number of benzene rings is 4. The van der Waals surface area contributed by atoms with Gasteiger partial charge < -0.3 is 9.80 Å². The van der Waals surface area contributed by atoms with E-state index in [1.54, 1.807) is 0 Å². The van der Waals surface area contributed by atoms with Crippen molar-refractivity contribution >= 4 is 46.3 Å². The van der Waals surface area contributed by atoms with Gasteiger partial charge in [-0.25, -0.2) is 0 Å². The highest BCUT2D eigenvalue weighted by Crippen LogP contribution is 2.50. The Bertz CT molecular complexity index is 1390. The molecule has 0 amide bonds. The van der Waals surface area contributed by atoms with Gasteiger partial charge in [-0.1, -0.05) is 53.9 Å². The van der Waals surface area contributed by atoms with Gasteiger partial charge in [0.15, 0.2) is 0 Å². The van der Waals surface area contributed by atoms with Gasteiger partial charge in [-0.15, -0.1) is 0 Å². The van der Waals surface area contributed by atoms with Crippen LogP contribution in [0.5, 0.6) is 0 Å². The number of nitrogens with zero attached hydrogens (tertiary/aromatic N) is 2. The molecule has 2 aliphatic heterocycles. The summed E-state index contributed by atoms with van der Waals surface area (Å²) in [7, 11) is 0. The Morgan fingerprint density at radius 3 is 1.68 bits per heavy atom. The molecule has 0 radical (unpaired) electrons. The molecule has 2 heterocycles.